The van der Waals surface area contributed by atoms with Crippen LogP contribution in [0.4, 0.5) is 0 Å². The quantitative estimate of drug-likeness (QED) is 0.557. The van der Waals surface area contributed by atoms with Crippen molar-refractivity contribution in [1.29, 1.82) is 0 Å². The first-order valence-electron chi connectivity index (χ1n) is 4.20. The molecule has 1 aromatic carbocycles. The summed E-state index contributed by atoms with van der Waals surface area (Å²) >= 11 is 1.63. The Hall–Kier alpha value is -1.51. The summed E-state index contributed by atoms with van der Waals surface area (Å²) in [5.74, 6) is 0. The summed E-state index contributed by atoms with van der Waals surface area (Å²) in [5, 5.41) is 1.03. The van der Waals surface area contributed by atoms with Crippen LogP contribution < -0.4 is 0 Å². The van der Waals surface area contributed by atoms with Crippen molar-refractivity contribution in [3.8, 4) is 0 Å². The van der Waals surface area contributed by atoms with E-state index in [4.69, 9.17) is 0 Å². The molecule has 0 aliphatic heterocycles. The average Bonchev–Trinajstić information content (AvgIpc) is 2.55. The van der Waals surface area contributed by atoms with Gasteiger partial charge in [-0.3, -0.25) is 0 Å². The summed E-state index contributed by atoms with van der Waals surface area (Å²) in [6.45, 7) is 2.36. The normalized spacial score (nSPS) is 10.1. The first-order chi connectivity index (χ1) is 6.81. The van der Waals surface area contributed by atoms with Gasteiger partial charge in [0.2, 0.25) is 6.08 Å². The molecular formula is C10H8N2OS. The van der Waals surface area contributed by atoms with Gasteiger partial charge in [0.25, 0.3) is 0 Å². The Labute approximate surface area is 85.1 Å². The molecule has 0 aliphatic carbocycles. The first kappa shape index (κ1) is 9.06. The molecule has 3 nitrogen and oxygen atoms in total. The van der Waals surface area contributed by atoms with Crippen molar-refractivity contribution in [2.75, 3.05) is 0 Å². The van der Waals surface area contributed by atoms with Crippen molar-refractivity contribution in [3.63, 3.8) is 0 Å². The van der Waals surface area contributed by atoms with Crippen LogP contribution in [-0.4, -0.2) is 11.1 Å². The Morgan fingerprint density at radius 3 is 3.21 bits per heavy atom. The fraction of sp³-hybridized carbons (Fsp3) is 0.200. The molecule has 70 valence electrons. The number of aliphatic imine (C=N–C) groups is 1. The zero-order valence-corrected chi connectivity index (χ0v) is 8.47. The van der Waals surface area contributed by atoms with Crippen molar-refractivity contribution in [2.45, 2.75) is 13.5 Å². The van der Waals surface area contributed by atoms with E-state index in [2.05, 4.69) is 9.98 Å². The van der Waals surface area contributed by atoms with Crippen LogP contribution in [0.2, 0.25) is 0 Å². The standard InChI is InChI=1S/C10H8N2OS/c1-7-12-9-4-2-3-8(5-11-6-13)10(9)14-7/h2-4H,5H2,1H3. The highest BCUT2D eigenvalue weighted by molar-refractivity contribution is 7.18. The Morgan fingerprint density at radius 1 is 1.57 bits per heavy atom. The lowest BCUT2D eigenvalue weighted by Gasteiger charge is -1.95. The zero-order valence-electron chi connectivity index (χ0n) is 7.65. The fourth-order valence-corrected chi connectivity index (χ4v) is 2.28. The minimum absolute atomic E-state index is 0.391. The number of nitrogens with zero attached hydrogens (tertiary/aromatic N) is 2. The number of thiazole rings is 1. The number of benzene rings is 1. The summed E-state index contributed by atoms with van der Waals surface area (Å²) in [5.41, 5.74) is 2.02. The molecular weight excluding hydrogens is 196 g/mol. The van der Waals surface area contributed by atoms with E-state index in [1.54, 1.807) is 17.4 Å². The highest BCUT2D eigenvalue weighted by Gasteiger charge is 2.04. The summed E-state index contributed by atoms with van der Waals surface area (Å²) in [6, 6.07) is 5.85. The van der Waals surface area contributed by atoms with Gasteiger partial charge in [-0.1, -0.05) is 12.1 Å². The van der Waals surface area contributed by atoms with Gasteiger partial charge in [0.05, 0.1) is 21.8 Å². The third-order valence-corrected chi connectivity index (χ3v) is 2.98. The maximum absolute atomic E-state index is 10.0. The van der Waals surface area contributed by atoms with Crippen molar-refractivity contribution in [3.05, 3.63) is 28.8 Å². The predicted octanol–water partition coefficient (Wildman–Crippen LogP) is 2.44. The van der Waals surface area contributed by atoms with Crippen molar-refractivity contribution < 1.29 is 4.79 Å². The molecule has 1 heterocycles. The van der Waals surface area contributed by atoms with Crippen molar-refractivity contribution in [2.24, 2.45) is 4.99 Å². The molecule has 0 bridgehead atoms. The van der Waals surface area contributed by atoms with Crippen LogP contribution in [0.15, 0.2) is 23.2 Å². The molecule has 0 spiro atoms. The third-order valence-electron chi connectivity index (χ3n) is 1.92. The zero-order chi connectivity index (χ0) is 9.97. The highest BCUT2D eigenvalue weighted by Crippen LogP contribution is 2.25. The predicted molar refractivity (Wildman–Crippen MR) is 56.2 cm³/mol. The molecule has 0 N–H and O–H groups in total. The highest BCUT2D eigenvalue weighted by atomic mass is 32.1. The second-order valence-electron chi connectivity index (χ2n) is 2.91. The second-order valence-corrected chi connectivity index (χ2v) is 4.11. The van der Waals surface area contributed by atoms with Crippen molar-refractivity contribution >= 4 is 27.6 Å². The van der Waals surface area contributed by atoms with Gasteiger partial charge < -0.3 is 0 Å². The SMILES string of the molecule is Cc1nc2cccc(CN=C=O)c2s1. The number of fused-ring (bicyclic) bond motifs is 1. The van der Waals surface area contributed by atoms with Gasteiger partial charge in [-0.15, -0.1) is 11.3 Å². The molecule has 0 aliphatic rings. The first-order valence-corrected chi connectivity index (χ1v) is 5.01. The fourth-order valence-electron chi connectivity index (χ4n) is 1.36. The molecule has 4 heteroatoms. The lowest BCUT2D eigenvalue weighted by Crippen LogP contribution is -1.80. The number of aromatic nitrogens is 1. The lowest BCUT2D eigenvalue weighted by atomic mass is 10.2. The van der Waals surface area contributed by atoms with Crippen LogP contribution in [0, 0.1) is 6.92 Å². The number of hydrogen-bond acceptors (Lipinski definition) is 4. The van der Waals surface area contributed by atoms with Gasteiger partial charge in [0.1, 0.15) is 0 Å². The number of isocyanates is 1. The van der Waals surface area contributed by atoms with Crippen LogP contribution in [0.1, 0.15) is 10.6 Å². The van der Waals surface area contributed by atoms with E-state index in [1.165, 1.54) is 0 Å². The minimum atomic E-state index is 0.391. The Balaban J connectivity index is 2.57. The number of carbonyl (C=O) groups excluding carboxylic acids is 1. The van der Waals surface area contributed by atoms with Gasteiger partial charge in [0, 0.05) is 0 Å². The average molecular weight is 204 g/mol. The van der Waals surface area contributed by atoms with Crippen LogP contribution in [-0.2, 0) is 11.3 Å². The van der Waals surface area contributed by atoms with E-state index >= 15 is 0 Å². The van der Waals surface area contributed by atoms with E-state index in [1.807, 2.05) is 25.1 Å². The van der Waals surface area contributed by atoms with Gasteiger partial charge in [0.15, 0.2) is 0 Å². The number of aryl methyl sites for hydroxylation is 1. The van der Waals surface area contributed by atoms with Gasteiger partial charge in [-0.05, 0) is 18.6 Å². The monoisotopic (exact) mass is 204 g/mol. The van der Waals surface area contributed by atoms with Gasteiger partial charge >= 0.3 is 0 Å². The summed E-state index contributed by atoms with van der Waals surface area (Å²) < 4.78 is 1.11. The van der Waals surface area contributed by atoms with E-state index < -0.39 is 0 Å². The van der Waals surface area contributed by atoms with Crippen molar-refractivity contribution in [1.82, 2.24) is 4.98 Å². The summed E-state index contributed by atoms with van der Waals surface area (Å²) in [4.78, 5) is 18.0. The van der Waals surface area contributed by atoms with E-state index in [0.29, 0.717) is 6.54 Å². The molecule has 0 saturated carbocycles. The molecule has 1 aromatic heterocycles. The molecule has 2 aromatic rings. The molecule has 0 amide bonds. The van der Waals surface area contributed by atoms with E-state index in [9.17, 15) is 4.79 Å². The van der Waals surface area contributed by atoms with Gasteiger partial charge in [-0.25, -0.2) is 14.8 Å². The molecule has 14 heavy (non-hydrogen) atoms. The van der Waals surface area contributed by atoms with Crippen LogP contribution in [0.5, 0.6) is 0 Å². The number of hydrogen-bond donors (Lipinski definition) is 0. The van der Waals surface area contributed by atoms with E-state index in [-0.39, 0.29) is 0 Å². The molecule has 0 saturated heterocycles. The molecule has 2 rings (SSSR count). The molecule has 0 unspecified atom stereocenters. The topological polar surface area (TPSA) is 42.3 Å². The third kappa shape index (κ3) is 1.58. The second kappa shape index (κ2) is 3.70. The smallest absolute Gasteiger partial charge is 0.235 e. The molecule has 0 radical (unpaired) electrons. The molecule has 0 fully saturated rings. The van der Waals surface area contributed by atoms with E-state index in [0.717, 1.165) is 20.8 Å². The van der Waals surface area contributed by atoms with Crippen LogP contribution >= 0.6 is 11.3 Å². The largest absolute Gasteiger partial charge is 0.242 e. The Kier molecular flexibility index (Phi) is 2.39. The van der Waals surface area contributed by atoms with Crippen LogP contribution in [0.3, 0.4) is 0 Å². The maximum atomic E-state index is 10.0. The maximum Gasteiger partial charge on any atom is 0.235 e. The van der Waals surface area contributed by atoms with Crippen LogP contribution in [0.25, 0.3) is 10.2 Å². The summed E-state index contributed by atoms with van der Waals surface area (Å²) in [6.07, 6.45) is 1.55. The Morgan fingerprint density at radius 2 is 2.43 bits per heavy atom. The molecule has 0 atom stereocenters. The number of rotatable bonds is 2. The lowest BCUT2D eigenvalue weighted by molar-refractivity contribution is 0.563. The summed E-state index contributed by atoms with van der Waals surface area (Å²) in [7, 11) is 0. The van der Waals surface area contributed by atoms with Gasteiger partial charge in [-0.2, -0.15) is 0 Å². The Bertz CT molecular complexity index is 512. The minimum Gasteiger partial charge on any atom is -0.242 e.